The number of carboxylic acid groups (broad SMARTS) is 1. The number of amides is 1. The van der Waals surface area contributed by atoms with Crippen molar-refractivity contribution in [3.8, 4) is 0 Å². The minimum Gasteiger partial charge on any atom is -0.481 e. The van der Waals surface area contributed by atoms with Crippen LogP contribution >= 0.6 is 0 Å². The number of esters is 1. The van der Waals surface area contributed by atoms with Crippen LogP contribution in [0.5, 0.6) is 0 Å². The van der Waals surface area contributed by atoms with Crippen molar-refractivity contribution in [1.82, 2.24) is 4.90 Å². The van der Waals surface area contributed by atoms with Crippen LogP contribution in [0.25, 0.3) is 0 Å². The highest BCUT2D eigenvalue weighted by Crippen LogP contribution is 2.25. The van der Waals surface area contributed by atoms with E-state index in [0.717, 1.165) is 0 Å². The fraction of sp³-hybridized carbons (Fsp3) is 0.700. The Morgan fingerprint density at radius 1 is 1.38 bits per heavy atom. The lowest BCUT2D eigenvalue weighted by atomic mass is 9.89. The van der Waals surface area contributed by atoms with Crippen LogP contribution in [0.3, 0.4) is 0 Å². The van der Waals surface area contributed by atoms with Crippen LogP contribution in [0.1, 0.15) is 19.8 Å². The predicted molar refractivity (Wildman–Crippen MR) is 53.6 cm³/mol. The number of carbonyl (C=O) groups excluding carboxylic acids is 2. The van der Waals surface area contributed by atoms with Crippen molar-refractivity contribution in [2.75, 3.05) is 13.7 Å². The summed E-state index contributed by atoms with van der Waals surface area (Å²) >= 11 is 0. The maximum absolute atomic E-state index is 11.5. The highest BCUT2D eigenvalue weighted by atomic mass is 16.5. The van der Waals surface area contributed by atoms with Gasteiger partial charge < -0.3 is 14.7 Å². The van der Waals surface area contributed by atoms with Gasteiger partial charge in [0.15, 0.2) is 0 Å². The lowest BCUT2D eigenvalue weighted by Crippen LogP contribution is -2.54. The Morgan fingerprint density at radius 2 is 2.00 bits per heavy atom. The third kappa shape index (κ3) is 2.32. The minimum absolute atomic E-state index is 0.304. The van der Waals surface area contributed by atoms with E-state index in [9.17, 15) is 14.4 Å². The van der Waals surface area contributed by atoms with Crippen LogP contribution in [0, 0.1) is 5.92 Å². The summed E-state index contributed by atoms with van der Waals surface area (Å²) < 4.78 is 4.55. The Bertz CT molecular complexity index is 292. The summed E-state index contributed by atoms with van der Waals surface area (Å²) in [7, 11) is 1.19. The molecule has 0 radical (unpaired) electrons. The number of methoxy groups -OCH3 is 1. The topological polar surface area (TPSA) is 83.9 Å². The smallest absolute Gasteiger partial charge is 0.329 e. The van der Waals surface area contributed by atoms with Gasteiger partial charge in [-0.2, -0.15) is 0 Å². The van der Waals surface area contributed by atoms with E-state index in [1.165, 1.54) is 18.9 Å². The molecule has 1 N–H and O–H groups in total. The first kappa shape index (κ1) is 12.5. The van der Waals surface area contributed by atoms with Crippen molar-refractivity contribution in [2.45, 2.75) is 25.8 Å². The molecule has 0 bridgehead atoms. The first-order valence-electron chi connectivity index (χ1n) is 5.07. The first-order chi connectivity index (χ1) is 7.49. The molecule has 0 saturated carbocycles. The van der Waals surface area contributed by atoms with Crippen molar-refractivity contribution in [3.05, 3.63) is 0 Å². The third-order valence-corrected chi connectivity index (χ3v) is 2.80. The molecule has 0 aliphatic carbocycles. The summed E-state index contributed by atoms with van der Waals surface area (Å²) in [6.07, 6.45) is 0.975. The molecule has 0 aromatic carbocycles. The summed E-state index contributed by atoms with van der Waals surface area (Å²) in [4.78, 5) is 35.1. The van der Waals surface area contributed by atoms with E-state index in [4.69, 9.17) is 5.11 Å². The summed E-state index contributed by atoms with van der Waals surface area (Å²) in [6.45, 7) is 1.72. The molecule has 0 aromatic heterocycles. The number of aliphatic carboxylic acids is 1. The second-order valence-electron chi connectivity index (χ2n) is 3.77. The van der Waals surface area contributed by atoms with Crippen molar-refractivity contribution >= 4 is 17.8 Å². The molecule has 1 amide bonds. The second-order valence-corrected chi connectivity index (χ2v) is 3.77. The van der Waals surface area contributed by atoms with Gasteiger partial charge in [0.2, 0.25) is 5.91 Å². The highest BCUT2D eigenvalue weighted by molar-refractivity contribution is 5.88. The molecular formula is C10H15NO5. The SMILES string of the molecule is COC(=O)C1[C@@H](C(=O)O)CCCN1C(C)=O. The van der Waals surface area contributed by atoms with Crippen LogP contribution in [0.2, 0.25) is 0 Å². The zero-order valence-corrected chi connectivity index (χ0v) is 9.30. The number of hydrogen-bond acceptors (Lipinski definition) is 4. The summed E-state index contributed by atoms with van der Waals surface area (Å²) in [6, 6.07) is -0.992. The fourth-order valence-corrected chi connectivity index (χ4v) is 2.02. The Labute approximate surface area is 93.2 Å². The van der Waals surface area contributed by atoms with Gasteiger partial charge in [-0.3, -0.25) is 9.59 Å². The Morgan fingerprint density at radius 3 is 2.44 bits per heavy atom. The van der Waals surface area contributed by atoms with Crippen LogP contribution in [0.15, 0.2) is 0 Å². The van der Waals surface area contributed by atoms with Gasteiger partial charge in [0.25, 0.3) is 0 Å². The fourth-order valence-electron chi connectivity index (χ4n) is 2.02. The zero-order valence-electron chi connectivity index (χ0n) is 9.30. The molecule has 1 rings (SSSR count). The van der Waals surface area contributed by atoms with Gasteiger partial charge in [-0.05, 0) is 12.8 Å². The maximum atomic E-state index is 11.5. The number of carboxylic acids is 1. The van der Waals surface area contributed by atoms with Gasteiger partial charge in [-0.25, -0.2) is 4.79 Å². The van der Waals surface area contributed by atoms with Crippen LogP contribution in [0.4, 0.5) is 0 Å². The molecule has 0 aromatic rings. The second kappa shape index (κ2) is 4.96. The number of nitrogens with zero attached hydrogens (tertiary/aromatic N) is 1. The summed E-state index contributed by atoms with van der Waals surface area (Å²) in [5, 5.41) is 9.01. The molecular weight excluding hydrogens is 214 g/mol. The Hall–Kier alpha value is -1.59. The van der Waals surface area contributed by atoms with Gasteiger partial charge in [0.05, 0.1) is 13.0 Å². The molecule has 1 aliphatic rings. The van der Waals surface area contributed by atoms with E-state index in [2.05, 4.69) is 4.74 Å². The van der Waals surface area contributed by atoms with E-state index >= 15 is 0 Å². The Kier molecular flexibility index (Phi) is 3.87. The van der Waals surface area contributed by atoms with Crippen molar-refractivity contribution in [1.29, 1.82) is 0 Å². The number of likely N-dealkylation sites (tertiary alicyclic amines) is 1. The number of carbonyl (C=O) groups is 3. The molecule has 90 valence electrons. The number of hydrogen-bond donors (Lipinski definition) is 1. The zero-order chi connectivity index (χ0) is 12.3. The standard InChI is InChI=1S/C10H15NO5/c1-6(12)11-5-3-4-7(9(13)14)8(11)10(15)16-2/h7-8H,3-5H2,1-2H3,(H,13,14)/t7-,8?/m0/s1. The van der Waals surface area contributed by atoms with Crippen LogP contribution in [-0.4, -0.2) is 47.5 Å². The summed E-state index contributed by atoms with van der Waals surface area (Å²) in [5.41, 5.74) is 0. The summed E-state index contributed by atoms with van der Waals surface area (Å²) in [5.74, 6) is -2.91. The molecule has 0 spiro atoms. The number of piperidine rings is 1. The van der Waals surface area contributed by atoms with Gasteiger partial charge in [0, 0.05) is 13.5 Å². The molecule has 1 saturated heterocycles. The van der Waals surface area contributed by atoms with E-state index < -0.39 is 23.9 Å². The lowest BCUT2D eigenvalue weighted by Gasteiger charge is -2.36. The third-order valence-electron chi connectivity index (χ3n) is 2.80. The molecule has 6 nitrogen and oxygen atoms in total. The average molecular weight is 229 g/mol. The van der Waals surface area contributed by atoms with E-state index in [0.29, 0.717) is 19.4 Å². The van der Waals surface area contributed by atoms with Crippen molar-refractivity contribution < 1.29 is 24.2 Å². The molecule has 1 heterocycles. The normalized spacial score (nSPS) is 25.0. The van der Waals surface area contributed by atoms with E-state index in [1.807, 2.05) is 0 Å². The molecule has 2 atom stereocenters. The van der Waals surface area contributed by atoms with Crippen LogP contribution in [-0.2, 0) is 19.1 Å². The van der Waals surface area contributed by atoms with Gasteiger partial charge in [-0.15, -0.1) is 0 Å². The maximum Gasteiger partial charge on any atom is 0.329 e. The number of ether oxygens (including phenoxy) is 1. The molecule has 1 fully saturated rings. The minimum atomic E-state index is -1.07. The van der Waals surface area contributed by atoms with Crippen LogP contribution < -0.4 is 0 Å². The molecule has 1 aliphatic heterocycles. The van der Waals surface area contributed by atoms with Gasteiger partial charge >= 0.3 is 11.9 Å². The molecule has 16 heavy (non-hydrogen) atoms. The monoisotopic (exact) mass is 229 g/mol. The predicted octanol–water partition coefficient (Wildman–Crippen LogP) is -0.129. The van der Waals surface area contributed by atoms with Crippen molar-refractivity contribution in [2.24, 2.45) is 5.92 Å². The lowest BCUT2D eigenvalue weighted by molar-refractivity contribution is -0.163. The van der Waals surface area contributed by atoms with Gasteiger partial charge in [0.1, 0.15) is 6.04 Å². The van der Waals surface area contributed by atoms with E-state index in [1.54, 1.807) is 0 Å². The quantitative estimate of drug-likeness (QED) is 0.667. The Balaban J connectivity index is 2.98. The van der Waals surface area contributed by atoms with E-state index in [-0.39, 0.29) is 5.91 Å². The molecule has 6 heteroatoms. The molecule has 1 unspecified atom stereocenters. The first-order valence-corrected chi connectivity index (χ1v) is 5.07. The van der Waals surface area contributed by atoms with Gasteiger partial charge in [-0.1, -0.05) is 0 Å². The highest BCUT2D eigenvalue weighted by Gasteiger charge is 2.42. The number of rotatable bonds is 2. The van der Waals surface area contributed by atoms with Crippen molar-refractivity contribution in [3.63, 3.8) is 0 Å². The average Bonchev–Trinajstić information content (AvgIpc) is 2.26. The largest absolute Gasteiger partial charge is 0.481 e.